The average molecular weight is 553 g/mol. The molecule has 0 aromatic heterocycles. The van der Waals surface area contributed by atoms with Crippen molar-refractivity contribution in [3.63, 3.8) is 0 Å². The van der Waals surface area contributed by atoms with Gasteiger partial charge in [-0.3, -0.25) is 0 Å². The molecule has 43 heavy (non-hydrogen) atoms. The second-order valence-corrected chi connectivity index (χ2v) is 10.8. The van der Waals surface area contributed by atoms with E-state index in [1.807, 2.05) is 0 Å². The number of aryl methyl sites for hydroxylation is 1. The molecule has 0 fully saturated rings. The standard InChI is InChI=1S/C41H32N2/c1-31-12-10-19-39(30-31)42(35-15-4-2-5-16-35)37-26-22-32(23-27-37)33-24-28-38(29-25-33)43(36-17-6-3-7-18-36)41-21-11-14-34-13-8-9-20-40(34)41/h2-30H,1H3. The summed E-state index contributed by atoms with van der Waals surface area (Å²) >= 11 is 0. The van der Waals surface area contributed by atoms with Crippen molar-refractivity contribution in [1.29, 1.82) is 0 Å². The van der Waals surface area contributed by atoms with Crippen LogP contribution in [-0.2, 0) is 0 Å². The van der Waals surface area contributed by atoms with Gasteiger partial charge in [0, 0.05) is 33.8 Å². The third-order valence-electron chi connectivity index (χ3n) is 7.88. The lowest BCUT2D eigenvalue weighted by molar-refractivity contribution is 1.27. The maximum absolute atomic E-state index is 2.34. The molecule has 0 saturated carbocycles. The van der Waals surface area contributed by atoms with E-state index >= 15 is 0 Å². The molecular weight excluding hydrogens is 520 g/mol. The van der Waals surface area contributed by atoms with Crippen molar-refractivity contribution in [2.24, 2.45) is 0 Å². The van der Waals surface area contributed by atoms with E-state index in [4.69, 9.17) is 0 Å². The summed E-state index contributed by atoms with van der Waals surface area (Å²) in [7, 11) is 0. The van der Waals surface area contributed by atoms with Gasteiger partial charge in [0.05, 0.1) is 5.69 Å². The lowest BCUT2D eigenvalue weighted by atomic mass is 10.0. The second-order valence-electron chi connectivity index (χ2n) is 10.8. The van der Waals surface area contributed by atoms with Crippen LogP contribution < -0.4 is 9.80 Å². The third kappa shape index (κ3) is 5.39. The predicted molar refractivity (Wildman–Crippen MR) is 183 cm³/mol. The number of nitrogens with zero attached hydrogens (tertiary/aromatic N) is 2. The minimum Gasteiger partial charge on any atom is -0.310 e. The average Bonchev–Trinajstić information content (AvgIpc) is 3.07. The fraction of sp³-hybridized carbons (Fsp3) is 0.0244. The van der Waals surface area contributed by atoms with Crippen LogP contribution in [0.3, 0.4) is 0 Å². The summed E-state index contributed by atoms with van der Waals surface area (Å²) in [6.07, 6.45) is 0. The Hall–Kier alpha value is -5.60. The highest BCUT2D eigenvalue weighted by molar-refractivity contribution is 5.99. The monoisotopic (exact) mass is 552 g/mol. The van der Waals surface area contributed by atoms with E-state index in [-0.39, 0.29) is 0 Å². The minimum absolute atomic E-state index is 1.12. The molecule has 0 amide bonds. The SMILES string of the molecule is Cc1cccc(N(c2ccccc2)c2ccc(-c3ccc(N(c4ccccc4)c4cccc5ccccc45)cc3)cc2)c1. The van der Waals surface area contributed by atoms with Gasteiger partial charge in [-0.15, -0.1) is 0 Å². The van der Waals surface area contributed by atoms with E-state index in [9.17, 15) is 0 Å². The molecule has 0 aliphatic heterocycles. The summed E-state index contributed by atoms with van der Waals surface area (Å²) in [5, 5.41) is 2.46. The maximum atomic E-state index is 2.34. The molecule has 7 aromatic rings. The van der Waals surface area contributed by atoms with Gasteiger partial charge in [0.25, 0.3) is 0 Å². The Morgan fingerprint density at radius 3 is 1.44 bits per heavy atom. The van der Waals surface area contributed by atoms with E-state index in [0.29, 0.717) is 0 Å². The van der Waals surface area contributed by atoms with Gasteiger partial charge in [0.2, 0.25) is 0 Å². The highest BCUT2D eigenvalue weighted by Gasteiger charge is 2.16. The number of benzene rings is 7. The van der Waals surface area contributed by atoms with Crippen molar-refractivity contribution in [2.75, 3.05) is 9.80 Å². The van der Waals surface area contributed by atoms with E-state index in [2.05, 4.69) is 193 Å². The van der Waals surface area contributed by atoms with Crippen LogP contribution in [0.4, 0.5) is 34.1 Å². The van der Waals surface area contributed by atoms with Crippen LogP contribution in [0.5, 0.6) is 0 Å². The van der Waals surface area contributed by atoms with Gasteiger partial charge < -0.3 is 9.80 Å². The van der Waals surface area contributed by atoms with Gasteiger partial charge in [-0.2, -0.15) is 0 Å². The summed E-state index contributed by atoms with van der Waals surface area (Å²) in [6.45, 7) is 2.14. The minimum atomic E-state index is 1.12. The molecule has 0 spiro atoms. The highest BCUT2D eigenvalue weighted by Crippen LogP contribution is 2.40. The summed E-state index contributed by atoms with van der Waals surface area (Å²) in [6, 6.07) is 62.6. The molecule has 206 valence electrons. The molecule has 0 unspecified atom stereocenters. The Balaban J connectivity index is 1.23. The van der Waals surface area contributed by atoms with Crippen molar-refractivity contribution in [3.05, 3.63) is 181 Å². The highest BCUT2D eigenvalue weighted by atomic mass is 15.1. The molecular formula is C41H32N2. The second kappa shape index (κ2) is 11.7. The summed E-state index contributed by atoms with van der Waals surface area (Å²) in [5.41, 5.74) is 10.4. The molecule has 0 bridgehead atoms. The van der Waals surface area contributed by atoms with Gasteiger partial charge in [-0.25, -0.2) is 0 Å². The summed E-state index contributed by atoms with van der Waals surface area (Å²) in [4.78, 5) is 4.65. The number of fused-ring (bicyclic) bond motifs is 1. The Morgan fingerprint density at radius 1 is 0.349 bits per heavy atom. The number of hydrogen-bond acceptors (Lipinski definition) is 2. The Kier molecular flexibility index (Phi) is 7.17. The Bertz CT molecular complexity index is 1960. The first-order chi connectivity index (χ1) is 21.2. The zero-order valence-corrected chi connectivity index (χ0v) is 24.1. The van der Waals surface area contributed by atoms with Crippen LogP contribution >= 0.6 is 0 Å². The predicted octanol–water partition coefficient (Wildman–Crippen LogP) is 11.8. The normalized spacial score (nSPS) is 10.9. The first kappa shape index (κ1) is 26.3. The number of hydrogen-bond donors (Lipinski definition) is 0. The van der Waals surface area contributed by atoms with Gasteiger partial charge in [0.15, 0.2) is 0 Å². The van der Waals surface area contributed by atoms with Gasteiger partial charge >= 0.3 is 0 Å². The van der Waals surface area contributed by atoms with Crippen molar-refractivity contribution in [1.82, 2.24) is 0 Å². The zero-order chi connectivity index (χ0) is 29.0. The molecule has 2 heteroatoms. The van der Waals surface area contributed by atoms with Crippen LogP contribution in [0.1, 0.15) is 5.56 Å². The maximum Gasteiger partial charge on any atom is 0.0540 e. The quantitative estimate of drug-likeness (QED) is 0.194. The lowest BCUT2D eigenvalue weighted by Crippen LogP contribution is -2.10. The molecule has 0 saturated heterocycles. The molecule has 7 rings (SSSR count). The molecule has 0 atom stereocenters. The van der Waals surface area contributed by atoms with Crippen molar-refractivity contribution in [2.45, 2.75) is 6.92 Å². The molecule has 2 nitrogen and oxygen atoms in total. The molecule has 0 aliphatic carbocycles. The zero-order valence-electron chi connectivity index (χ0n) is 24.1. The van der Waals surface area contributed by atoms with E-state index in [1.165, 1.54) is 33.2 Å². The largest absolute Gasteiger partial charge is 0.310 e. The topological polar surface area (TPSA) is 6.48 Å². The molecule has 0 N–H and O–H groups in total. The van der Waals surface area contributed by atoms with Crippen LogP contribution in [0.2, 0.25) is 0 Å². The van der Waals surface area contributed by atoms with Gasteiger partial charge in [-0.05, 0) is 95.7 Å². The van der Waals surface area contributed by atoms with E-state index < -0.39 is 0 Å². The van der Waals surface area contributed by atoms with Crippen LogP contribution in [0, 0.1) is 6.92 Å². The van der Waals surface area contributed by atoms with Crippen LogP contribution in [0.15, 0.2) is 176 Å². The van der Waals surface area contributed by atoms with E-state index in [1.54, 1.807) is 0 Å². The number of anilines is 6. The van der Waals surface area contributed by atoms with E-state index in [0.717, 1.165) is 28.4 Å². The Morgan fingerprint density at radius 2 is 0.814 bits per heavy atom. The van der Waals surface area contributed by atoms with Crippen LogP contribution in [0.25, 0.3) is 21.9 Å². The van der Waals surface area contributed by atoms with Gasteiger partial charge in [-0.1, -0.05) is 109 Å². The van der Waals surface area contributed by atoms with Crippen molar-refractivity contribution < 1.29 is 0 Å². The molecule has 0 radical (unpaired) electrons. The van der Waals surface area contributed by atoms with Crippen LogP contribution in [-0.4, -0.2) is 0 Å². The van der Waals surface area contributed by atoms with Gasteiger partial charge in [0.1, 0.15) is 0 Å². The number of para-hydroxylation sites is 2. The molecule has 0 heterocycles. The lowest BCUT2D eigenvalue weighted by Gasteiger charge is -2.27. The summed E-state index contributed by atoms with van der Waals surface area (Å²) < 4.78 is 0. The molecule has 0 aliphatic rings. The third-order valence-corrected chi connectivity index (χ3v) is 7.88. The number of rotatable bonds is 7. The van der Waals surface area contributed by atoms with Crippen molar-refractivity contribution in [3.8, 4) is 11.1 Å². The smallest absolute Gasteiger partial charge is 0.0540 e. The summed E-state index contributed by atoms with van der Waals surface area (Å²) in [5.74, 6) is 0. The van der Waals surface area contributed by atoms with Crippen molar-refractivity contribution >= 4 is 44.9 Å². The molecule has 7 aromatic carbocycles. The first-order valence-corrected chi connectivity index (χ1v) is 14.7. The first-order valence-electron chi connectivity index (χ1n) is 14.7. The Labute approximate surface area is 253 Å². The fourth-order valence-electron chi connectivity index (χ4n) is 5.80. The fourth-order valence-corrected chi connectivity index (χ4v) is 5.80.